The maximum Gasteiger partial charge on any atom is -0.0133 e. The number of hydrogen-bond donors (Lipinski definition) is 0. The van der Waals surface area contributed by atoms with Crippen LogP contribution in [0.1, 0.15) is 38.5 Å². The van der Waals surface area contributed by atoms with E-state index in [1.807, 2.05) is 0 Å². The van der Waals surface area contributed by atoms with Gasteiger partial charge in [0.2, 0.25) is 0 Å². The van der Waals surface area contributed by atoms with Crippen LogP contribution >= 0.6 is 0 Å². The van der Waals surface area contributed by atoms with E-state index >= 15 is 0 Å². The van der Waals surface area contributed by atoms with Gasteiger partial charge in [-0.2, -0.15) is 0 Å². The molecule has 0 unspecified atom stereocenters. The van der Waals surface area contributed by atoms with Crippen molar-refractivity contribution in [2.24, 2.45) is 0 Å². The predicted molar refractivity (Wildman–Crippen MR) is 59.4 cm³/mol. The summed E-state index contributed by atoms with van der Waals surface area (Å²) >= 11 is 0. The van der Waals surface area contributed by atoms with E-state index in [0.717, 1.165) is 12.8 Å². The second-order valence-corrected chi connectivity index (χ2v) is 3.36. The van der Waals surface area contributed by atoms with E-state index < -0.39 is 0 Å². The van der Waals surface area contributed by atoms with Crippen LogP contribution in [-0.2, 0) is 0 Å². The van der Waals surface area contributed by atoms with E-state index in [2.05, 4.69) is 42.9 Å². The molecule has 71 valence electrons. The van der Waals surface area contributed by atoms with Gasteiger partial charge in [0.05, 0.1) is 0 Å². The number of rotatable bonds is 0. The third-order valence-corrected chi connectivity index (χ3v) is 2.14. The molecular formula is C13H19. The van der Waals surface area contributed by atoms with Crippen molar-refractivity contribution in [1.29, 1.82) is 0 Å². The van der Waals surface area contributed by atoms with Gasteiger partial charge in [-0.15, -0.1) is 0 Å². The molecule has 0 aliphatic heterocycles. The van der Waals surface area contributed by atoms with Crippen LogP contribution in [0, 0.1) is 6.42 Å². The van der Waals surface area contributed by atoms with Gasteiger partial charge in [0.25, 0.3) is 0 Å². The molecule has 0 N–H and O–H groups in total. The first kappa shape index (κ1) is 10.3. The van der Waals surface area contributed by atoms with Gasteiger partial charge in [-0.3, -0.25) is 0 Å². The van der Waals surface area contributed by atoms with Crippen LogP contribution in [0.15, 0.2) is 36.5 Å². The molecule has 0 heteroatoms. The summed E-state index contributed by atoms with van der Waals surface area (Å²) < 4.78 is 0. The first-order chi connectivity index (χ1) is 6.50. The Balaban J connectivity index is 2.28. The second kappa shape index (κ2) is 7.85. The molecule has 1 rings (SSSR count). The Morgan fingerprint density at radius 2 is 1.31 bits per heavy atom. The molecule has 0 spiro atoms. The Hall–Kier alpha value is -0.780. The van der Waals surface area contributed by atoms with Gasteiger partial charge in [-0.05, 0) is 44.9 Å². The van der Waals surface area contributed by atoms with Crippen LogP contribution in [-0.4, -0.2) is 0 Å². The van der Waals surface area contributed by atoms with Crippen LogP contribution < -0.4 is 0 Å². The van der Waals surface area contributed by atoms with Crippen LogP contribution in [0.2, 0.25) is 0 Å². The summed E-state index contributed by atoms with van der Waals surface area (Å²) in [5.74, 6) is 0. The first-order valence-corrected chi connectivity index (χ1v) is 5.28. The van der Waals surface area contributed by atoms with Crippen LogP contribution in [0.5, 0.6) is 0 Å². The molecule has 0 aromatic carbocycles. The van der Waals surface area contributed by atoms with Crippen molar-refractivity contribution in [3.05, 3.63) is 42.9 Å². The Morgan fingerprint density at radius 1 is 0.615 bits per heavy atom. The zero-order valence-corrected chi connectivity index (χ0v) is 8.28. The summed E-state index contributed by atoms with van der Waals surface area (Å²) in [4.78, 5) is 0. The highest BCUT2D eigenvalue weighted by atomic mass is 13.9. The average Bonchev–Trinajstić information content (AvgIpc) is 2.18. The van der Waals surface area contributed by atoms with Crippen molar-refractivity contribution < 1.29 is 0 Å². The second-order valence-electron chi connectivity index (χ2n) is 3.36. The molecule has 0 aromatic rings. The summed E-state index contributed by atoms with van der Waals surface area (Å²) in [7, 11) is 0. The molecule has 1 aliphatic rings. The first-order valence-electron chi connectivity index (χ1n) is 5.28. The fraction of sp³-hybridized carbons (Fsp3) is 0.462. The zero-order chi connectivity index (χ0) is 9.19. The van der Waals surface area contributed by atoms with Gasteiger partial charge < -0.3 is 0 Å². The minimum Gasteiger partial charge on any atom is -0.0882 e. The Labute approximate surface area is 82.0 Å². The predicted octanol–water partition coefficient (Wildman–Crippen LogP) is 4.21. The standard InChI is InChI=1S/C13H19/c1-2-4-6-8-10-12-13-11-9-7-5-3-1/h1-3,6,8,12-13H,4-5,7,9-11H2. The smallest absolute Gasteiger partial charge is 0.0133 e. The zero-order valence-electron chi connectivity index (χ0n) is 8.28. The molecule has 13 heavy (non-hydrogen) atoms. The molecule has 0 nitrogen and oxygen atoms in total. The third kappa shape index (κ3) is 6.39. The monoisotopic (exact) mass is 175 g/mol. The lowest BCUT2D eigenvalue weighted by Crippen LogP contribution is -1.72. The van der Waals surface area contributed by atoms with E-state index in [4.69, 9.17) is 0 Å². The van der Waals surface area contributed by atoms with Crippen LogP contribution in [0.25, 0.3) is 0 Å². The molecule has 1 radical (unpaired) electrons. The van der Waals surface area contributed by atoms with Crippen molar-refractivity contribution in [1.82, 2.24) is 0 Å². The Bertz CT molecular complexity index is 184. The molecule has 0 atom stereocenters. The summed E-state index contributed by atoms with van der Waals surface area (Å²) in [5, 5.41) is 0. The maximum absolute atomic E-state index is 2.30. The van der Waals surface area contributed by atoms with Crippen LogP contribution in [0.3, 0.4) is 0 Å². The minimum atomic E-state index is 1.07. The lowest BCUT2D eigenvalue weighted by Gasteiger charge is -1.92. The van der Waals surface area contributed by atoms with Gasteiger partial charge in [0.15, 0.2) is 0 Å². The van der Waals surface area contributed by atoms with E-state index in [1.54, 1.807) is 0 Å². The van der Waals surface area contributed by atoms with Gasteiger partial charge in [-0.25, -0.2) is 0 Å². The lowest BCUT2D eigenvalue weighted by molar-refractivity contribution is 0.761. The average molecular weight is 175 g/mol. The van der Waals surface area contributed by atoms with Crippen LogP contribution in [0.4, 0.5) is 0 Å². The van der Waals surface area contributed by atoms with E-state index in [-0.39, 0.29) is 0 Å². The van der Waals surface area contributed by atoms with Crippen molar-refractivity contribution in [2.45, 2.75) is 38.5 Å². The van der Waals surface area contributed by atoms with Gasteiger partial charge in [0.1, 0.15) is 0 Å². The fourth-order valence-electron chi connectivity index (χ4n) is 1.36. The molecule has 0 saturated heterocycles. The SMILES string of the molecule is [CH]1C=CCCCCC=CCC=CC1. The quantitative estimate of drug-likeness (QED) is 0.484. The molecule has 1 aliphatic carbocycles. The summed E-state index contributed by atoms with van der Waals surface area (Å²) in [6.45, 7) is 0. The number of hydrogen-bond acceptors (Lipinski definition) is 0. The van der Waals surface area contributed by atoms with Crippen molar-refractivity contribution in [2.75, 3.05) is 0 Å². The summed E-state index contributed by atoms with van der Waals surface area (Å²) in [6.07, 6.45) is 23.0. The topological polar surface area (TPSA) is 0 Å². The summed E-state index contributed by atoms with van der Waals surface area (Å²) in [5.41, 5.74) is 0. The normalized spacial score (nSPS) is 20.3. The minimum absolute atomic E-state index is 1.07. The van der Waals surface area contributed by atoms with E-state index in [9.17, 15) is 0 Å². The fourth-order valence-corrected chi connectivity index (χ4v) is 1.36. The molecule has 0 bridgehead atoms. The molecule has 0 fully saturated rings. The Morgan fingerprint density at radius 3 is 2.23 bits per heavy atom. The Kier molecular flexibility index (Phi) is 6.22. The summed E-state index contributed by atoms with van der Waals surface area (Å²) in [6, 6.07) is 0. The molecule has 0 aromatic heterocycles. The van der Waals surface area contributed by atoms with Crippen molar-refractivity contribution in [3.63, 3.8) is 0 Å². The third-order valence-electron chi connectivity index (χ3n) is 2.14. The van der Waals surface area contributed by atoms with Gasteiger partial charge in [0, 0.05) is 0 Å². The highest BCUT2D eigenvalue weighted by Gasteiger charge is 1.85. The largest absolute Gasteiger partial charge is 0.0882 e. The molecule has 0 heterocycles. The van der Waals surface area contributed by atoms with E-state index in [0.29, 0.717) is 0 Å². The maximum atomic E-state index is 2.30. The van der Waals surface area contributed by atoms with Crippen molar-refractivity contribution >= 4 is 0 Å². The highest BCUT2D eigenvalue weighted by Crippen LogP contribution is 2.04. The highest BCUT2D eigenvalue weighted by molar-refractivity contribution is 5.01. The van der Waals surface area contributed by atoms with Crippen molar-refractivity contribution in [3.8, 4) is 0 Å². The molecule has 0 saturated carbocycles. The number of allylic oxidation sites excluding steroid dienone is 6. The molecule has 0 amide bonds. The van der Waals surface area contributed by atoms with Gasteiger partial charge >= 0.3 is 0 Å². The van der Waals surface area contributed by atoms with E-state index in [1.165, 1.54) is 25.7 Å². The van der Waals surface area contributed by atoms with Gasteiger partial charge in [-0.1, -0.05) is 36.5 Å². The molecular weight excluding hydrogens is 156 g/mol. The lowest BCUT2D eigenvalue weighted by atomic mass is 10.1.